The number of methoxy groups -OCH3 is 2. The summed E-state index contributed by atoms with van der Waals surface area (Å²) in [5.41, 5.74) is 0.888. The summed E-state index contributed by atoms with van der Waals surface area (Å²) in [6, 6.07) is 0.339. The van der Waals surface area contributed by atoms with Gasteiger partial charge in [0.1, 0.15) is 10.2 Å². The number of fused-ring (bicyclic) bond motifs is 1. The van der Waals surface area contributed by atoms with Crippen molar-refractivity contribution in [2.45, 2.75) is 0 Å². The first-order valence-corrected chi connectivity index (χ1v) is 5.75. The van der Waals surface area contributed by atoms with Crippen LogP contribution in [-0.4, -0.2) is 24.2 Å². The maximum Gasteiger partial charge on any atom is 0.320 e. The van der Waals surface area contributed by atoms with Crippen molar-refractivity contribution in [2.75, 3.05) is 14.2 Å². The van der Waals surface area contributed by atoms with Gasteiger partial charge < -0.3 is 9.47 Å². The Morgan fingerprint density at radius 2 is 2.07 bits per heavy atom. The minimum absolute atomic E-state index is 0.339. The van der Waals surface area contributed by atoms with Crippen LogP contribution >= 0.6 is 33.9 Å². The van der Waals surface area contributed by atoms with Crippen LogP contribution in [0.2, 0.25) is 0 Å². The van der Waals surface area contributed by atoms with Crippen LogP contribution in [0.3, 0.4) is 0 Å². The van der Waals surface area contributed by atoms with Crippen LogP contribution in [0, 0.1) is 3.57 Å². The molecule has 0 spiro atoms. The molecule has 0 aliphatic rings. The maximum atomic E-state index is 5.16. The topological polar surface area (TPSA) is 44.2 Å². The van der Waals surface area contributed by atoms with Gasteiger partial charge in [-0.05, 0) is 22.6 Å². The predicted molar refractivity (Wildman–Crippen MR) is 63.2 cm³/mol. The minimum atomic E-state index is 0.339. The lowest BCUT2D eigenvalue weighted by atomic mass is 10.5. The molecule has 4 nitrogen and oxygen atoms in total. The van der Waals surface area contributed by atoms with Crippen molar-refractivity contribution in [3.8, 4) is 11.9 Å². The summed E-state index contributed by atoms with van der Waals surface area (Å²) in [4.78, 5) is 8.35. The van der Waals surface area contributed by atoms with Crippen molar-refractivity contribution in [1.82, 2.24) is 9.97 Å². The molecule has 0 atom stereocenters. The zero-order valence-electron chi connectivity index (χ0n) is 7.57. The first-order chi connectivity index (χ1) is 6.76. The van der Waals surface area contributed by atoms with Gasteiger partial charge in [-0.15, -0.1) is 11.3 Å². The van der Waals surface area contributed by atoms with Crippen LogP contribution in [-0.2, 0) is 0 Å². The molecule has 14 heavy (non-hydrogen) atoms. The minimum Gasteiger partial charge on any atom is -0.480 e. The molecule has 2 rings (SSSR count). The maximum absolute atomic E-state index is 5.16. The number of hydrogen-bond donors (Lipinski definition) is 0. The second-order valence-corrected chi connectivity index (χ2v) is 4.52. The third-order valence-corrected chi connectivity index (χ3v) is 3.90. The third-order valence-electron chi connectivity index (χ3n) is 1.70. The highest BCUT2D eigenvalue weighted by Crippen LogP contribution is 2.33. The number of halogens is 1. The van der Waals surface area contributed by atoms with Gasteiger partial charge in [0.05, 0.1) is 17.8 Å². The van der Waals surface area contributed by atoms with E-state index in [9.17, 15) is 0 Å². The molecular weight excluding hydrogens is 315 g/mol. The van der Waals surface area contributed by atoms with Crippen molar-refractivity contribution in [3.05, 3.63) is 8.95 Å². The van der Waals surface area contributed by atoms with Crippen molar-refractivity contribution in [1.29, 1.82) is 0 Å². The van der Waals surface area contributed by atoms with E-state index in [1.165, 1.54) is 0 Å². The fourth-order valence-corrected chi connectivity index (χ4v) is 2.86. The van der Waals surface area contributed by atoms with E-state index in [0.29, 0.717) is 11.9 Å². The Bertz CT molecular complexity index is 472. The lowest BCUT2D eigenvalue weighted by Crippen LogP contribution is -1.95. The molecule has 2 aromatic heterocycles. The largest absolute Gasteiger partial charge is 0.480 e. The third kappa shape index (κ3) is 1.52. The summed E-state index contributed by atoms with van der Waals surface area (Å²) in [6.07, 6.45) is 0. The van der Waals surface area contributed by atoms with Crippen LogP contribution in [0.1, 0.15) is 0 Å². The van der Waals surface area contributed by atoms with Gasteiger partial charge in [-0.2, -0.15) is 9.97 Å². The molecule has 0 amide bonds. The second kappa shape index (κ2) is 3.85. The molecule has 0 aromatic carbocycles. The Labute approximate surface area is 98.4 Å². The van der Waals surface area contributed by atoms with E-state index in [-0.39, 0.29) is 0 Å². The smallest absolute Gasteiger partial charge is 0.320 e. The Hall–Kier alpha value is -0.630. The fourth-order valence-electron chi connectivity index (χ4n) is 1.07. The van der Waals surface area contributed by atoms with Gasteiger partial charge in [0.2, 0.25) is 5.88 Å². The number of ether oxygens (including phenoxy) is 2. The number of rotatable bonds is 2. The van der Waals surface area contributed by atoms with Crippen molar-refractivity contribution in [3.63, 3.8) is 0 Å². The predicted octanol–water partition coefficient (Wildman–Crippen LogP) is 2.31. The summed E-state index contributed by atoms with van der Waals surface area (Å²) in [5.74, 6) is 0.569. The van der Waals surface area contributed by atoms with Crippen molar-refractivity contribution in [2.24, 2.45) is 0 Å². The van der Waals surface area contributed by atoms with Crippen LogP contribution in [0.25, 0.3) is 10.2 Å². The van der Waals surface area contributed by atoms with E-state index >= 15 is 0 Å². The Balaban J connectivity index is 2.76. The van der Waals surface area contributed by atoms with Gasteiger partial charge in [0.25, 0.3) is 0 Å². The van der Waals surface area contributed by atoms with E-state index in [4.69, 9.17) is 9.47 Å². The number of thiophene rings is 1. The zero-order valence-corrected chi connectivity index (χ0v) is 10.5. The van der Waals surface area contributed by atoms with Crippen LogP contribution in [0.5, 0.6) is 11.9 Å². The molecule has 6 heteroatoms. The zero-order chi connectivity index (χ0) is 10.1. The van der Waals surface area contributed by atoms with Gasteiger partial charge in [0, 0.05) is 5.38 Å². The fraction of sp³-hybridized carbons (Fsp3) is 0.250. The summed E-state index contributed by atoms with van der Waals surface area (Å²) in [6.45, 7) is 0. The van der Waals surface area contributed by atoms with E-state index in [1.54, 1.807) is 25.6 Å². The molecule has 0 radical (unpaired) electrons. The molecule has 2 aromatic rings. The average molecular weight is 322 g/mol. The molecule has 0 N–H and O–H groups in total. The SMILES string of the molecule is COc1nc(OC)c2scc(I)c2n1. The summed E-state index contributed by atoms with van der Waals surface area (Å²) >= 11 is 3.80. The quantitative estimate of drug-likeness (QED) is 0.796. The first kappa shape index (κ1) is 9.91. The molecule has 0 saturated carbocycles. The van der Waals surface area contributed by atoms with Gasteiger partial charge in [-0.25, -0.2) is 0 Å². The van der Waals surface area contributed by atoms with E-state index in [1.807, 2.05) is 5.38 Å². The standard InChI is InChI=1S/C8H7IN2O2S/c1-12-7-6-5(4(9)3-14-6)10-8(11-7)13-2/h3H,1-2H3. The molecule has 0 aliphatic heterocycles. The van der Waals surface area contributed by atoms with E-state index in [0.717, 1.165) is 13.8 Å². The van der Waals surface area contributed by atoms with Gasteiger partial charge in [-0.1, -0.05) is 0 Å². The molecule has 0 unspecified atom stereocenters. The highest BCUT2D eigenvalue weighted by atomic mass is 127. The summed E-state index contributed by atoms with van der Waals surface area (Å²) < 4.78 is 12.2. The van der Waals surface area contributed by atoms with Gasteiger partial charge in [0.15, 0.2) is 0 Å². The Kier molecular flexibility index (Phi) is 2.73. The van der Waals surface area contributed by atoms with E-state index in [2.05, 4.69) is 32.6 Å². The van der Waals surface area contributed by atoms with Crippen molar-refractivity contribution >= 4 is 44.1 Å². The normalized spacial score (nSPS) is 10.5. The molecule has 0 fully saturated rings. The Morgan fingerprint density at radius 1 is 1.29 bits per heavy atom. The summed E-state index contributed by atoms with van der Waals surface area (Å²) in [7, 11) is 3.13. The lowest BCUT2D eigenvalue weighted by Gasteiger charge is -2.02. The number of nitrogens with zero attached hydrogens (tertiary/aromatic N) is 2. The monoisotopic (exact) mass is 322 g/mol. The summed E-state index contributed by atoms with van der Waals surface area (Å²) in [5, 5.41) is 2.02. The highest BCUT2D eigenvalue weighted by molar-refractivity contribution is 14.1. The molecule has 2 heterocycles. The van der Waals surface area contributed by atoms with Crippen LogP contribution < -0.4 is 9.47 Å². The molecule has 0 saturated heterocycles. The number of aromatic nitrogens is 2. The lowest BCUT2D eigenvalue weighted by molar-refractivity contribution is 0.357. The molecule has 0 bridgehead atoms. The molecule has 0 aliphatic carbocycles. The van der Waals surface area contributed by atoms with Crippen LogP contribution in [0.15, 0.2) is 5.38 Å². The highest BCUT2D eigenvalue weighted by Gasteiger charge is 2.12. The number of hydrogen-bond acceptors (Lipinski definition) is 5. The second-order valence-electron chi connectivity index (χ2n) is 2.48. The van der Waals surface area contributed by atoms with Crippen molar-refractivity contribution < 1.29 is 9.47 Å². The van der Waals surface area contributed by atoms with Crippen LogP contribution in [0.4, 0.5) is 0 Å². The Morgan fingerprint density at radius 3 is 2.71 bits per heavy atom. The average Bonchev–Trinajstić information content (AvgIpc) is 2.59. The van der Waals surface area contributed by atoms with Gasteiger partial charge in [-0.3, -0.25) is 0 Å². The molecular formula is C8H7IN2O2S. The van der Waals surface area contributed by atoms with E-state index < -0.39 is 0 Å². The van der Waals surface area contributed by atoms with Gasteiger partial charge >= 0.3 is 6.01 Å². The molecule has 74 valence electrons. The first-order valence-electron chi connectivity index (χ1n) is 3.79.